The van der Waals surface area contributed by atoms with E-state index < -0.39 is 0 Å². The van der Waals surface area contributed by atoms with Gasteiger partial charge in [-0.3, -0.25) is 0 Å². The molecule has 5 nitrogen and oxygen atoms in total. The fraction of sp³-hybridized carbons (Fsp3) is 0.667. The maximum absolute atomic E-state index is 5.70. The molecule has 17 heavy (non-hydrogen) atoms. The molecule has 2 rings (SSSR count). The Balaban J connectivity index is 2.24. The first-order chi connectivity index (χ1) is 8.00. The quantitative estimate of drug-likeness (QED) is 0.842. The van der Waals surface area contributed by atoms with Crippen molar-refractivity contribution >= 4 is 11.6 Å². The summed E-state index contributed by atoms with van der Waals surface area (Å²) in [5.41, 5.74) is -0.114. The predicted octanol–water partition coefficient (Wildman–Crippen LogP) is 1.44. The van der Waals surface area contributed by atoms with Crippen molar-refractivity contribution in [3.63, 3.8) is 0 Å². The summed E-state index contributed by atoms with van der Waals surface area (Å²) in [7, 11) is 1.87. The standard InChI is InChI=1S/C12H20N4O/c1-9-14-10(13-4)7-11(15-9)16-5-6-17-12(2,3)8-16/h7H,5-6,8H2,1-4H3,(H,13,14,15). The Hall–Kier alpha value is -1.36. The van der Waals surface area contributed by atoms with E-state index in [1.165, 1.54) is 0 Å². The number of rotatable bonds is 2. The Morgan fingerprint density at radius 1 is 1.41 bits per heavy atom. The lowest BCUT2D eigenvalue weighted by Crippen LogP contribution is -2.48. The molecule has 1 fully saturated rings. The van der Waals surface area contributed by atoms with Crippen LogP contribution in [0.25, 0.3) is 0 Å². The highest BCUT2D eigenvalue weighted by atomic mass is 16.5. The largest absolute Gasteiger partial charge is 0.373 e. The molecule has 1 saturated heterocycles. The van der Waals surface area contributed by atoms with Crippen molar-refractivity contribution < 1.29 is 4.74 Å². The molecule has 1 aromatic heterocycles. The van der Waals surface area contributed by atoms with Gasteiger partial charge < -0.3 is 15.0 Å². The molecule has 94 valence electrons. The topological polar surface area (TPSA) is 50.3 Å². The van der Waals surface area contributed by atoms with E-state index in [1.807, 2.05) is 20.0 Å². The highest BCUT2D eigenvalue weighted by molar-refractivity contribution is 5.49. The molecule has 0 spiro atoms. The van der Waals surface area contributed by atoms with E-state index in [0.717, 1.165) is 37.2 Å². The highest BCUT2D eigenvalue weighted by Crippen LogP contribution is 2.23. The zero-order valence-electron chi connectivity index (χ0n) is 10.9. The van der Waals surface area contributed by atoms with Crippen LogP contribution in [0, 0.1) is 6.92 Å². The van der Waals surface area contributed by atoms with Crippen molar-refractivity contribution in [2.45, 2.75) is 26.4 Å². The molecule has 5 heteroatoms. The molecule has 2 heterocycles. The predicted molar refractivity (Wildman–Crippen MR) is 68.6 cm³/mol. The van der Waals surface area contributed by atoms with Crippen molar-refractivity contribution in [3.05, 3.63) is 11.9 Å². The van der Waals surface area contributed by atoms with Crippen molar-refractivity contribution in [2.24, 2.45) is 0 Å². The highest BCUT2D eigenvalue weighted by Gasteiger charge is 2.28. The molecule has 0 amide bonds. The lowest BCUT2D eigenvalue weighted by atomic mass is 10.1. The zero-order chi connectivity index (χ0) is 12.5. The van der Waals surface area contributed by atoms with Crippen LogP contribution in [-0.2, 0) is 4.74 Å². The number of ether oxygens (including phenoxy) is 1. The Kier molecular flexibility index (Phi) is 3.19. The molecular formula is C12H20N4O. The van der Waals surface area contributed by atoms with Crippen LogP contribution in [0.15, 0.2) is 6.07 Å². The summed E-state index contributed by atoms with van der Waals surface area (Å²) in [4.78, 5) is 11.0. The fourth-order valence-corrected chi connectivity index (χ4v) is 2.05. The lowest BCUT2D eigenvalue weighted by Gasteiger charge is -2.38. The SMILES string of the molecule is CNc1cc(N2CCOC(C)(C)C2)nc(C)n1. The van der Waals surface area contributed by atoms with Gasteiger partial charge in [-0.05, 0) is 20.8 Å². The number of hydrogen-bond acceptors (Lipinski definition) is 5. The summed E-state index contributed by atoms with van der Waals surface area (Å²) in [6, 6.07) is 1.98. The Morgan fingerprint density at radius 3 is 2.82 bits per heavy atom. The Labute approximate surface area is 102 Å². The van der Waals surface area contributed by atoms with Crippen LogP contribution in [0.3, 0.4) is 0 Å². The van der Waals surface area contributed by atoms with Crippen LogP contribution in [-0.4, -0.2) is 42.3 Å². The second kappa shape index (κ2) is 4.49. The first kappa shape index (κ1) is 12.1. The third-order valence-electron chi connectivity index (χ3n) is 2.83. The normalized spacial score (nSPS) is 19.2. The van der Waals surface area contributed by atoms with E-state index in [-0.39, 0.29) is 5.60 Å². The van der Waals surface area contributed by atoms with E-state index in [2.05, 4.69) is 34.0 Å². The molecule has 1 aromatic rings. The molecule has 0 aliphatic carbocycles. The van der Waals surface area contributed by atoms with E-state index in [0.29, 0.717) is 0 Å². The summed E-state index contributed by atoms with van der Waals surface area (Å²) in [6.45, 7) is 8.59. The minimum absolute atomic E-state index is 0.114. The summed E-state index contributed by atoms with van der Waals surface area (Å²) < 4.78 is 5.70. The average Bonchev–Trinajstić information content (AvgIpc) is 2.27. The lowest BCUT2D eigenvalue weighted by molar-refractivity contribution is -0.0279. The molecular weight excluding hydrogens is 216 g/mol. The van der Waals surface area contributed by atoms with Gasteiger partial charge >= 0.3 is 0 Å². The molecule has 0 radical (unpaired) electrons. The van der Waals surface area contributed by atoms with E-state index >= 15 is 0 Å². The molecule has 1 aliphatic heterocycles. The van der Waals surface area contributed by atoms with Gasteiger partial charge in [0, 0.05) is 26.2 Å². The van der Waals surface area contributed by atoms with Crippen LogP contribution in [0.4, 0.5) is 11.6 Å². The van der Waals surface area contributed by atoms with Crippen molar-refractivity contribution in [1.82, 2.24) is 9.97 Å². The van der Waals surface area contributed by atoms with Crippen molar-refractivity contribution in [2.75, 3.05) is 37.0 Å². The molecule has 1 aliphatic rings. The molecule has 0 bridgehead atoms. The van der Waals surface area contributed by atoms with Crippen molar-refractivity contribution in [1.29, 1.82) is 0 Å². The number of morpholine rings is 1. The first-order valence-corrected chi connectivity index (χ1v) is 5.92. The molecule has 0 unspecified atom stereocenters. The number of anilines is 2. The molecule has 0 aromatic carbocycles. The number of aromatic nitrogens is 2. The Morgan fingerprint density at radius 2 is 2.18 bits per heavy atom. The van der Waals surface area contributed by atoms with Gasteiger partial charge in [-0.15, -0.1) is 0 Å². The molecule has 1 N–H and O–H groups in total. The zero-order valence-corrected chi connectivity index (χ0v) is 10.9. The summed E-state index contributed by atoms with van der Waals surface area (Å²) >= 11 is 0. The van der Waals surface area contributed by atoms with E-state index in [1.54, 1.807) is 0 Å². The van der Waals surface area contributed by atoms with Gasteiger partial charge in [-0.25, -0.2) is 9.97 Å². The monoisotopic (exact) mass is 236 g/mol. The van der Waals surface area contributed by atoms with Gasteiger partial charge in [0.1, 0.15) is 17.5 Å². The van der Waals surface area contributed by atoms with Crippen LogP contribution < -0.4 is 10.2 Å². The average molecular weight is 236 g/mol. The number of nitrogens with zero attached hydrogens (tertiary/aromatic N) is 3. The van der Waals surface area contributed by atoms with Crippen LogP contribution in [0.1, 0.15) is 19.7 Å². The van der Waals surface area contributed by atoms with E-state index in [4.69, 9.17) is 4.74 Å². The van der Waals surface area contributed by atoms with Gasteiger partial charge in [0.25, 0.3) is 0 Å². The Bertz CT molecular complexity index is 405. The van der Waals surface area contributed by atoms with Gasteiger partial charge in [0.05, 0.1) is 12.2 Å². The number of nitrogens with one attached hydrogen (secondary N) is 1. The first-order valence-electron chi connectivity index (χ1n) is 5.92. The van der Waals surface area contributed by atoms with Gasteiger partial charge in [0.2, 0.25) is 0 Å². The number of aryl methyl sites for hydroxylation is 1. The van der Waals surface area contributed by atoms with Crippen LogP contribution >= 0.6 is 0 Å². The maximum Gasteiger partial charge on any atom is 0.134 e. The third kappa shape index (κ3) is 2.85. The molecule has 0 saturated carbocycles. The van der Waals surface area contributed by atoms with Gasteiger partial charge in [0.15, 0.2) is 0 Å². The fourth-order valence-electron chi connectivity index (χ4n) is 2.05. The van der Waals surface area contributed by atoms with Crippen LogP contribution in [0.5, 0.6) is 0 Å². The summed E-state index contributed by atoms with van der Waals surface area (Å²) in [5.74, 6) is 2.62. The number of hydrogen-bond donors (Lipinski definition) is 1. The summed E-state index contributed by atoms with van der Waals surface area (Å²) in [5, 5.41) is 3.06. The smallest absolute Gasteiger partial charge is 0.134 e. The second-order valence-corrected chi connectivity index (χ2v) is 4.94. The van der Waals surface area contributed by atoms with Crippen molar-refractivity contribution in [3.8, 4) is 0 Å². The molecule has 0 atom stereocenters. The second-order valence-electron chi connectivity index (χ2n) is 4.94. The minimum atomic E-state index is -0.114. The van der Waals surface area contributed by atoms with Crippen LogP contribution in [0.2, 0.25) is 0 Å². The van der Waals surface area contributed by atoms with Gasteiger partial charge in [-0.1, -0.05) is 0 Å². The minimum Gasteiger partial charge on any atom is -0.373 e. The third-order valence-corrected chi connectivity index (χ3v) is 2.83. The van der Waals surface area contributed by atoms with E-state index in [9.17, 15) is 0 Å². The van der Waals surface area contributed by atoms with Gasteiger partial charge in [-0.2, -0.15) is 0 Å². The maximum atomic E-state index is 5.70. The summed E-state index contributed by atoms with van der Waals surface area (Å²) in [6.07, 6.45) is 0.